The highest BCUT2D eigenvalue weighted by molar-refractivity contribution is 9.10. The monoisotopic (exact) mass is 638 g/mol. The Morgan fingerprint density at radius 3 is 2.43 bits per heavy atom. The number of aromatic amines is 1. The number of aryl methyl sites for hydroxylation is 1. The molecule has 0 fully saturated rings. The molecule has 1 atom stereocenters. The average molecular weight is 640 g/mol. The lowest BCUT2D eigenvalue weighted by Crippen LogP contribution is -2.39. The number of H-pyrrole nitrogens is 1. The summed E-state index contributed by atoms with van der Waals surface area (Å²) in [5.41, 5.74) is 4.12. The van der Waals surface area contributed by atoms with Crippen LogP contribution >= 0.6 is 31.9 Å². The van der Waals surface area contributed by atoms with Gasteiger partial charge in [0.25, 0.3) is 15.9 Å². The van der Waals surface area contributed by atoms with Gasteiger partial charge < -0.3 is 10.3 Å². The number of carbonyl (C=O) groups excluding carboxylic acids is 1. The van der Waals surface area contributed by atoms with Crippen molar-refractivity contribution in [3.05, 3.63) is 98.7 Å². The second-order valence-corrected chi connectivity index (χ2v) is 12.6. The molecular formula is C27H20Br2N4O3S. The Hall–Kier alpha value is -3.21. The highest BCUT2D eigenvalue weighted by Gasteiger charge is 2.30. The van der Waals surface area contributed by atoms with Crippen LogP contribution in [0.3, 0.4) is 0 Å². The first-order chi connectivity index (χ1) is 17.7. The van der Waals surface area contributed by atoms with Gasteiger partial charge in [-0.2, -0.15) is 0 Å². The second-order valence-electron chi connectivity index (χ2n) is 8.96. The zero-order chi connectivity index (χ0) is 25.9. The van der Waals surface area contributed by atoms with Gasteiger partial charge in [-0.25, -0.2) is 12.4 Å². The minimum absolute atomic E-state index is 0.201. The van der Waals surface area contributed by atoms with Gasteiger partial charge in [-0.1, -0.05) is 61.7 Å². The summed E-state index contributed by atoms with van der Waals surface area (Å²) in [5, 5.41) is 4.58. The van der Waals surface area contributed by atoms with Gasteiger partial charge in [0.1, 0.15) is 5.71 Å². The number of halogens is 2. The van der Waals surface area contributed by atoms with Crippen LogP contribution in [-0.4, -0.2) is 35.5 Å². The van der Waals surface area contributed by atoms with Crippen LogP contribution in [0.1, 0.15) is 22.7 Å². The highest BCUT2D eigenvalue weighted by Crippen LogP contribution is 2.35. The summed E-state index contributed by atoms with van der Waals surface area (Å²) in [6, 6.07) is 17.6. The van der Waals surface area contributed by atoms with E-state index in [4.69, 9.17) is 4.99 Å². The zero-order valence-electron chi connectivity index (χ0n) is 19.5. The molecule has 1 aliphatic heterocycles. The maximum absolute atomic E-state index is 13.7. The number of hydrogen-bond acceptors (Lipinski definition) is 4. The van der Waals surface area contributed by atoms with E-state index in [1.54, 1.807) is 42.7 Å². The molecule has 0 radical (unpaired) electrons. The highest BCUT2D eigenvalue weighted by atomic mass is 79.9. The molecule has 7 nitrogen and oxygen atoms in total. The summed E-state index contributed by atoms with van der Waals surface area (Å²) in [7, 11) is -3.87. The molecule has 0 saturated heterocycles. The normalized spacial score (nSPS) is 16.2. The van der Waals surface area contributed by atoms with Gasteiger partial charge in [0.15, 0.2) is 0 Å². The predicted molar refractivity (Wildman–Crippen MR) is 152 cm³/mol. The number of amides is 1. The van der Waals surface area contributed by atoms with Crippen LogP contribution in [-0.2, 0) is 14.8 Å². The third kappa shape index (κ3) is 4.13. The lowest BCUT2D eigenvalue weighted by atomic mass is 10.0. The van der Waals surface area contributed by atoms with E-state index in [2.05, 4.69) is 42.2 Å². The van der Waals surface area contributed by atoms with Crippen LogP contribution in [0.4, 0.5) is 0 Å². The maximum atomic E-state index is 13.7. The number of fused-ring (bicyclic) bond motifs is 2. The van der Waals surface area contributed by atoms with Crippen LogP contribution in [0.5, 0.6) is 0 Å². The minimum Gasteiger partial charge on any atom is -0.360 e. The fraction of sp³-hybridized carbons (Fsp3) is 0.111. The van der Waals surface area contributed by atoms with Crippen LogP contribution in [0.15, 0.2) is 91.9 Å². The zero-order valence-corrected chi connectivity index (χ0v) is 23.5. The third-order valence-corrected chi connectivity index (χ3v) is 9.23. The summed E-state index contributed by atoms with van der Waals surface area (Å²) < 4.78 is 30.3. The van der Waals surface area contributed by atoms with Crippen molar-refractivity contribution in [2.24, 2.45) is 4.99 Å². The fourth-order valence-electron chi connectivity index (χ4n) is 4.68. The average Bonchev–Trinajstić information content (AvgIpc) is 3.46. The summed E-state index contributed by atoms with van der Waals surface area (Å²) in [4.78, 5) is 21.2. The number of benzene rings is 3. The number of nitrogens with zero attached hydrogens (tertiary/aromatic N) is 2. The molecule has 2 N–H and O–H groups in total. The van der Waals surface area contributed by atoms with Gasteiger partial charge >= 0.3 is 0 Å². The van der Waals surface area contributed by atoms with Crippen molar-refractivity contribution in [2.75, 3.05) is 6.54 Å². The van der Waals surface area contributed by atoms with E-state index in [0.29, 0.717) is 16.8 Å². The molecule has 1 amide bonds. The Kier molecular flexibility index (Phi) is 5.85. The molecule has 6 rings (SSSR count). The van der Waals surface area contributed by atoms with Gasteiger partial charge in [-0.3, -0.25) is 9.79 Å². The summed E-state index contributed by atoms with van der Waals surface area (Å²) >= 11 is 6.95. The molecule has 0 aliphatic carbocycles. The number of aromatic nitrogens is 2. The van der Waals surface area contributed by atoms with E-state index in [9.17, 15) is 13.2 Å². The summed E-state index contributed by atoms with van der Waals surface area (Å²) in [6.45, 7) is 2.17. The molecular weight excluding hydrogens is 620 g/mol. The Labute approximate surface area is 229 Å². The number of rotatable bonds is 4. The van der Waals surface area contributed by atoms with E-state index in [1.807, 2.05) is 37.3 Å². The predicted octanol–water partition coefficient (Wildman–Crippen LogP) is 5.85. The largest absolute Gasteiger partial charge is 0.360 e. The third-order valence-electron chi connectivity index (χ3n) is 6.56. The van der Waals surface area contributed by atoms with Crippen molar-refractivity contribution >= 4 is 75.3 Å². The van der Waals surface area contributed by atoms with E-state index >= 15 is 0 Å². The van der Waals surface area contributed by atoms with Crippen molar-refractivity contribution in [3.63, 3.8) is 0 Å². The van der Waals surface area contributed by atoms with E-state index in [0.717, 1.165) is 36.4 Å². The molecule has 0 spiro atoms. The summed E-state index contributed by atoms with van der Waals surface area (Å²) in [5.74, 6) is -0.265. The van der Waals surface area contributed by atoms with Crippen molar-refractivity contribution in [1.82, 2.24) is 14.3 Å². The SMILES string of the molecule is Cc1ccc(S(=O)(=O)n2cc(C3CNC(=O)C(c4c[nH]c5cc(Br)ccc45)=N3)c3ccc(Br)cc32)cc1. The first-order valence-corrected chi connectivity index (χ1v) is 14.5. The van der Waals surface area contributed by atoms with E-state index in [1.165, 1.54) is 3.97 Å². The van der Waals surface area contributed by atoms with Crippen LogP contribution in [0.25, 0.3) is 21.8 Å². The lowest BCUT2D eigenvalue weighted by Gasteiger charge is -2.21. The smallest absolute Gasteiger partial charge is 0.270 e. The fourth-order valence-corrected chi connectivity index (χ4v) is 6.76. The van der Waals surface area contributed by atoms with Crippen molar-refractivity contribution < 1.29 is 13.2 Å². The molecule has 5 aromatic rings. The van der Waals surface area contributed by atoms with Crippen LogP contribution in [0, 0.1) is 6.92 Å². The standard InChI is InChI=1S/C27H20Br2N4O3S/c1-15-2-6-18(7-3-15)37(35,36)33-14-22(20-9-5-17(29)11-25(20)33)24-13-31-27(34)26(32-24)21-12-30-23-10-16(28)4-8-19(21)23/h2-12,14,24,30H,13H2,1H3,(H,31,34). The van der Waals surface area contributed by atoms with Gasteiger partial charge in [-0.05, 0) is 43.3 Å². The maximum Gasteiger partial charge on any atom is 0.270 e. The van der Waals surface area contributed by atoms with Crippen molar-refractivity contribution in [3.8, 4) is 0 Å². The van der Waals surface area contributed by atoms with Gasteiger partial charge in [0, 0.05) is 55.3 Å². The quantitative estimate of drug-likeness (QED) is 0.258. The molecule has 0 bridgehead atoms. The Bertz CT molecular complexity index is 1850. The van der Waals surface area contributed by atoms with Gasteiger partial charge in [0.2, 0.25) is 0 Å². The number of nitrogens with one attached hydrogen (secondary N) is 2. The molecule has 1 unspecified atom stereocenters. The Balaban J connectivity index is 1.51. The Morgan fingerprint density at radius 2 is 1.68 bits per heavy atom. The summed E-state index contributed by atoms with van der Waals surface area (Å²) in [6.07, 6.45) is 3.40. The van der Waals surface area contributed by atoms with E-state index in [-0.39, 0.29) is 17.3 Å². The lowest BCUT2D eigenvalue weighted by molar-refractivity contribution is -0.115. The Morgan fingerprint density at radius 1 is 0.973 bits per heavy atom. The number of hydrogen-bond donors (Lipinski definition) is 2. The topological polar surface area (TPSA) is 96.3 Å². The molecule has 37 heavy (non-hydrogen) atoms. The van der Waals surface area contributed by atoms with Gasteiger partial charge in [-0.15, -0.1) is 0 Å². The first kappa shape index (κ1) is 24.1. The van der Waals surface area contributed by atoms with Crippen molar-refractivity contribution in [2.45, 2.75) is 17.9 Å². The molecule has 10 heteroatoms. The molecule has 0 saturated carbocycles. The minimum atomic E-state index is -3.87. The van der Waals surface area contributed by atoms with Gasteiger partial charge in [0.05, 0.1) is 16.5 Å². The second kappa shape index (κ2) is 8.97. The number of carbonyl (C=O) groups is 1. The van der Waals surface area contributed by atoms with E-state index < -0.39 is 16.1 Å². The molecule has 1 aliphatic rings. The molecule has 3 heterocycles. The van der Waals surface area contributed by atoms with Crippen LogP contribution < -0.4 is 5.32 Å². The van der Waals surface area contributed by atoms with Crippen molar-refractivity contribution in [1.29, 1.82) is 0 Å². The molecule has 2 aromatic heterocycles. The molecule has 186 valence electrons. The van der Waals surface area contributed by atoms with Crippen LogP contribution in [0.2, 0.25) is 0 Å². The molecule has 3 aromatic carbocycles. The number of aliphatic imine (C=N–C) groups is 1. The first-order valence-electron chi connectivity index (χ1n) is 11.5.